The van der Waals surface area contributed by atoms with E-state index in [0.29, 0.717) is 6.42 Å². The van der Waals surface area contributed by atoms with Crippen molar-refractivity contribution >= 4 is 27.7 Å². The Kier molecular flexibility index (Phi) is 4.94. The van der Waals surface area contributed by atoms with Gasteiger partial charge in [-0.25, -0.2) is 4.98 Å². The van der Waals surface area contributed by atoms with E-state index in [2.05, 4.69) is 20.9 Å². The number of rotatable bonds is 4. The maximum Gasteiger partial charge on any atom is 0.0960 e. The summed E-state index contributed by atoms with van der Waals surface area (Å²) >= 11 is 4.92. The lowest BCUT2D eigenvalue weighted by molar-refractivity contribution is 0.802. The molecular formula is C9H10BrN3S. The van der Waals surface area contributed by atoms with Gasteiger partial charge in [0.1, 0.15) is 0 Å². The first-order chi connectivity index (χ1) is 6.72. The van der Waals surface area contributed by atoms with Gasteiger partial charge in [-0.15, -0.1) is 11.8 Å². The summed E-state index contributed by atoms with van der Waals surface area (Å²) in [6.45, 7) is 0. The second kappa shape index (κ2) is 6.02. The van der Waals surface area contributed by atoms with Gasteiger partial charge in [-0.3, -0.25) is 0 Å². The van der Waals surface area contributed by atoms with Crippen LogP contribution in [-0.2, 0) is 0 Å². The number of nitrogens with zero attached hydrogens (tertiary/aromatic N) is 2. The largest absolute Gasteiger partial charge is 0.316 e. The molecule has 0 aliphatic rings. The van der Waals surface area contributed by atoms with Crippen LogP contribution in [0.3, 0.4) is 0 Å². The van der Waals surface area contributed by atoms with E-state index in [9.17, 15) is 0 Å². The van der Waals surface area contributed by atoms with Crippen molar-refractivity contribution in [2.24, 2.45) is 5.73 Å². The summed E-state index contributed by atoms with van der Waals surface area (Å²) in [5.41, 5.74) is 5.46. The number of pyridine rings is 1. The van der Waals surface area contributed by atoms with Crippen molar-refractivity contribution in [3.63, 3.8) is 0 Å². The zero-order valence-electron chi connectivity index (χ0n) is 7.48. The van der Waals surface area contributed by atoms with Gasteiger partial charge in [0.05, 0.1) is 17.1 Å². The highest BCUT2D eigenvalue weighted by Crippen LogP contribution is 2.18. The van der Waals surface area contributed by atoms with E-state index >= 15 is 0 Å². The molecule has 1 atom stereocenters. The summed E-state index contributed by atoms with van der Waals surface area (Å²) in [7, 11) is 0. The van der Waals surface area contributed by atoms with E-state index in [1.165, 1.54) is 0 Å². The summed E-state index contributed by atoms with van der Waals surface area (Å²) in [5.74, 6) is 0.823. The third-order valence-corrected chi connectivity index (χ3v) is 2.99. The molecule has 0 fully saturated rings. The molecule has 0 saturated carbocycles. The third-order valence-electron chi connectivity index (χ3n) is 1.54. The number of nitriles is 1. The highest BCUT2D eigenvalue weighted by molar-refractivity contribution is 9.10. The number of halogens is 1. The Morgan fingerprint density at radius 3 is 3.00 bits per heavy atom. The van der Waals surface area contributed by atoms with Gasteiger partial charge < -0.3 is 5.73 Å². The molecule has 0 saturated heterocycles. The van der Waals surface area contributed by atoms with Crippen molar-refractivity contribution in [1.29, 1.82) is 5.26 Å². The summed E-state index contributed by atoms with van der Waals surface area (Å²) in [5, 5.41) is 9.42. The summed E-state index contributed by atoms with van der Waals surface area (Å²) in [4.78, 5) is 4.19. The molecule has 0 amide bonds. The second-order valence-corrected chi connectivity index (χ2v) is 4.72. The van der Waals surface area contributed by atoms with E-state index in [1.807, 2.05) is 18.2 Å². The van der Waals surface area contributed by atoms with Gasteiger partial charge in [-0.2, -0.15) is 5.26 Å². The highest BCUT2D eigenvalue weighted by atomic mass is 79.9. The Morgan fingerprint density at radius 1 is 1.64 bits per heavy atom. The zero-order chi connectivity index (χ0) is 10.4. The maximum atomic E-state index is 8.46. The first kappa shape index (κ1) is 11.5. The highest BCUT2D eigenvalue weighted by Gasteiger charge is 2.00. The molecule has 1 rings (SSSR count). The van der Waals surface area contributed by atoms with Gasteiger partial charge in [-0.05, 0) is 34.5 Å². The van der Waals surface area contributed by atoms with Crippen LogP contribution in [0, 0.1) is 11.3 Å². The Balaban J connectivity index is 2.32. The molecule has 0 aromatic carbocycles. The molecule has 1 unspecified atom stereocenters. The quantitative estimate of drug-likeness (QED) is 0.853. The molecule has 2 N–H and O–H groups in total. The normalized spacial score (nSPS) is 12.1. The summed E-state index contributed by atoms with van der Waals surface area (Å²) < 4.78 is 0.968. The molecule has 1 heterocycles. The van der Waals surface area contributed by atoms with Crippen molar-refractivity contribution in [2.75, 3.05) is 5.75 Å². The van der Waals surface area contributed by atoms with Crippen LogP contribution in [-0.4, -0.2) is 16.8 Å². The Labute approximate surface area is 95.8 Å². The monoisotopic (exact) mass is 271 g/mol. The van der Waals surface area contributed by atoms with Gasteiger partial charge in [-0.1, -0.05) is 0 Å². The SMILES string of the molecule is N#CC(N)CCSc1ccc(Br)cn1. The molecule has 0 aliphatic heterocycles. The van der Waals surface area contributed by atoms with Crippen LogP contribution in [0.1, 0.15) is 6.42 Å². The van der Waals surface area contributed by atoms with E-state index in [-0.39, 0.29) is 6.04 Å². The maximum absolute atomic E-state index is 8.46. The van der Waals surface area contributed by atoms with Crippen LogP contribution in [0.2, 0.25) is 0 Å². The van der Waals surface area contributed by atoms with E-state index in [4.69, 9.17) is 11.0 Å². The fourth-order valence-corrected chi connectivity index (χ4v) is 1.91. The van der Waals surface area contributed by atoms with Gasteiger partial charge in [0, 0.05) is 16.4 Å². The van der Waals surface area contributed by atoms with Gasteiger partial charge in [0.2, 0.25) is 0 Å². The smallest absolute Gasteiger partial charge is 0.0960 e. The third kappa shape index (κ3) is 4.09. The van der Waals surface area contributed by atoms with Crippen molar-refractivity contribution in [1.82, 2.24) is 4.98 Å². The number of hydrogen-bond donors (Lipinski definition) is 1. The van der Waals surface area contributed by atoms with Crippen LogP contribution < -0.4 is 5.73 Å². The van der Waals surface area contributed by atoms with Gasteiger partial charge >= 0.3 is 0 Å². The van der Waals surface area contributed by atoms with Gasteiger partial charge in [0.15, 0.2) is 0 Å². The molecular weight excluding hydrogens is 262 g/mol. The van der Waals surface area contributed by atoms with Crippen molar-refractivity contribution < 1.29 is 0 Å². The van der Waals surface area contributed by atoms with Crippen LogP contribution in [0.15, 0.2) is 27.8 Å². The van der Waals surface area contributed by atoms with Crippen molar-refractivity contribution in [2.45, 2.75) is 17.5 Å². The van der Waals surface area contributed by atoms with Crippen molar-refractivity contribution in [3.8, 4) is 6.07 Å². The lowest BCUT2D eigenvalue weighted by Gasteiger charge is -2.01. The molecule has 0 aliphatic carbocycles. The fraction of sp³-hybridized carbons (Fsp3) is 0.333. The van der Waals surface area contributed by atoms with Crippen LogP contribution in [0.5, 0.6) is 0 Å². The molecule has 74 valence electrons. The Morgan fingerprint density at radius 2 is 2.43 bits per heavy atom. The molecule has 1 aromatic heterocycles. The minimum Gasteiger partial charge on any atom is -0.316 e. The lowest BCUT2D eigenvalue weighted by Crippen LogP contribution is -2.17. The minimum atomic E-state index is -0.363. The number of hydrogen-bond acceptors (Lipinski definition) is 4. The predicted octanol–water partition coefficient (Wildman–Crippen LogP) is 2.18. The molecule has 3 nitrogen and oxygen atoms in total. The van der Waals surface area contributed by atoms with E-state index in [0.717, 1.165) is 15.3 Å². The average molecular weight is 272 g/mol. The van der Waals surface area contributed by atoms with Gasteiger partial charge in [0.25, 0.3) is 0 Å². The van der Waals surface area contributed by atoms with Crippen molar-refractivity contribution in [3.05, 3.63) is 22.8 Å². The van der Waals surface area contributed by atoms with Crippen LogP contribution in [0.4, 0.5) is 0 Å². The summed E-state index contributed by atoms with van der Waals surface area (Å²) in [6, 6.07) is 5.51. The topological polar surface area (TPSA) is 62.7 Å². The minimum absolute atomic E-state index is 0.363. The Hall–Kier alpha value is -0.570. The molecule has 5 heteroatoms. The van der Waals surface area contributed by atoms with E-state index in [1.54, 1.807) is 18.0 Å². The molecule has 0 spiro atoms. The average Bonchev–Trinajstić information content (AvgIpc) is 2.21. The fourth-order valence-electron chi connectivity index (χ4n) is 0.803. The van der Waals surface area contributed by atoms with Crippen LogP contribution >= 0.6 is 27.7 Å². The molecule has 0 bridgehead atoms. The molecule has 14 heavy (non-hydrogen) atoms. The lowest BCUT2D eigenvalue weighted by atomic mass is 10.3. The predicted molar refractivity (Wildman–Crippen MR) is 60.9 cm³/mol. The summed E-state index contributed by atoms with van der Waals surface area (Å²) in [6.07, 6.45) is 2.45. The number of aromatic nitrogens is 1. The Bertz CT molecular complexity index is 320. The van der Waals surface area contributed by atoms with Crippen LogP contribution in [0.25, 0.3) is 0 Å². The number of nitrogens with two attached hydrogens (primary N) is 1. The first-order valence-corrected chi connectivity index (χ1v) is 5.90. The standard InChI is InChI=1S/C9H10BrN3S/c10-7-1-2-9(13-6-7)14-4-3-8(12)5-11/h1-2,6,8H,3-4,12H2. The van der Waals surface area contributed by atoms with E-state index < -0.39 is 0 Å². The first-order valence-electron chi connectivity index (χ1n) is 4.12. The second-order valence-electron chi connectivity index (χ2n) is 2.69. The number of thioether (sulfide) groups is 1. The zero-order valence-corrected chi connectivity index (χ0v) is 9.88. The molecule has 0 radical (unpaired) electrons. The molecule has 1 aromatic rings.